The number of furan rings is 1. The number of hydrogen-bond acceptors (Lipinski definition) is 4. The molecule has 80 valence electrons. The van der Waals surface area contributed by atoms with Crippen molar-refractivity contribution in [1.82, 2.24) is 5.43 Å². The molecule has 0 bridgehead atoms. The highest BCUT2D eigenvalue weighted by Gasteiger charge is 2.20. The first-order valence-electron chi connectivity index (χ1n) is 4.47. The third-order valence-electron chi connectivity index (χ3n) is 2.29. The predicted octanol–water partition coefficient (Wildman–Crippen LogP) is 2.86. The van der Waals surface area contributed by atoms with Crippen LogP contribution >= 0.6 is 22.9 Å². The van der Waals surface area contributed by atoms with Crippen LogP contribution in [0.5, 0.6) is 0 Å². The van der Waals surface area contributed by atoms with Gasteiger partial charge in [-0.2, -0.15) is 0 Å². The molecule has 2 aromatic heterocycles. The first-order valence-corrected chi connectivity index (χ1v) is 5.72. The summed E-state index contributed by atoms with van der Waals surface area (Å²) >= 11 is 7.57. The van der Waals surface area contributed by atoms with Crippen molar-refractivity contribution in [1.29, 1.82) is 0 Å². The molecule has 15 heavy (non-hydrogen) atoms. The molecular weight excluding hydrogens is 232 g/mol. The predicted molar refractivity (Wildman–Crippen MR) is 61.9 cm³/mol. The summed E-state index contributed by atoms with van der Waals surface area (Å²) in [6.07, 6.45) is 1.56. The molecule has 2 aromatic rings. The topological polar surface area (TPSA) is 51.2 Å². The maximum Gasteiger partial charge on any atom is 0.198 e. The lowest BCUT2D eigenvalue weighted by molar-refractivity contribution is 0.556. The Hall–Kier alpha value is -0.810. The molecule has 0 aliphatic heterocycles. The van der Waals surface area contributed by atoms with Crippen LogP contribution in [0.4, 0.5) is 0 Å². The SMILES string of the molecule is Cc1ccsc1C(NN)c1ccoc1Cl. The number of thiophene rings is 1. The zero-order valence-corrected chi connectivity index (χ0v) is 9.73. The number of hydrogen-bond donors (Lipinski definition) is 2. The van der Waals surface area contributed by atoms with Crippen LogP contribution in [0.15, 0.2) is 28.2 Å². The summed E-state index contributed by atoms with van der Waals surface area (Å²) in [5.41, 5.74) is 4.81. The van der Waals surface area contributed by atoms with Crippen LogP contribution in [0.2, 0.25) is 5.22 Å². The Bertz CT molecular complexity index is 411. The average Bonchev–Trinajstić information content (AvgIpc) is 2.80. The van der Waals surface area contributed by atoms with Gasteiger partial charge in [0.05, 0.1) is 12.3 Å². The van der Waals surface area contributed by atoms with Crippen molar-refractivity contribution < 1.29 is 4.42 Å². The van der Waals surface area contributed by atoms with E-state index in [-0.39, 0.29) is 6.04 Å². The lowest BCUT2D eigenvalue weighted by atomic mass is 10.1. The quantitative estimate of drug-likeness (QED) is 0.643. The van der Waals surface area contributed by atoms with Gasteiger partial charge in [-0.1, -0.05) is 0 Å². The molecule has 0 amide bonds. The number of hydrazine groups is 1. The molecular formula is C10H11ClN2OS. The van der Waals surface area contributed by atoms with E-state index in [2.05, 4.69) is 11.5 Å². The largest absolute Gasteiger partial charge is 0.453 e. The molecule has 0 aliphatic carbocycles. The number of nitrogens with two attached hydrogens (primary N) is 1. The Morgan fingerprint density at radius 1 is 1.53 bits per heavy atom. The highest BCUT2D eigenvalue weighted by Crippen LogP contribution is 2.33. The Morgan fingerprint density at radius 3 is 2.80 bits per heavy atom. The molecule has 0 saturated carbocycles. The van der Waals surface area contributed by atoms with Gasteiger partial charge in [0, 0.05) is 10.4 Å². The highest BCUT2D eigenvalue weighted by molar-refractivity contribution is 7.10. The maximum absolute atomic E-state index is 5.92. The van der Waals surface area contributed by atoms with Crippen molar-refractivity contribution in [2.75, 3.05) is 0 Å². The van der Waals surface area contributed by atoms with E-state index in [9.17, 15) is 0 Å². The van der Waals surface area contributed by atoms with E-state index in [1.807, 2.05) is 18.4 Å². The standard InChI is InChI=1S/C10H11ClN2OS/c1-6-3-5-15-9(6)8(13-12)7-2-4-14-10(7)11/h2-5,8,13H,12H2,1H3. The van der Waals surface area contributed by atoms with E-state index in [4.69, 9.17) is 21.9 Å². The molecule has 5 heteroatoms. The van der Waals surface area contributed by atoms with Gasteiger partial charge in [0.25, 0.3) is 0 Å². The molecule has 0 fully saturated rings. The lowest BCUT2D eigenvalue weighted by Gasteiger charge is -2.14. The first kappa shape index (κ1) is 10.7. The van der Waals surface area contributed by atoms with Gasteiger partial charge in [-0.05, 0) is 41.6 Å². The monoisotopic (exact) mass is 242 g/mol. The van der Waals surface area contributed by atoms with E-state index in [1.165, 1.54) is 5.56 Å². The fourth-order valence-electron chi connectivity index (χ4n) is 1.50. The molecule has 3 N–H and O–H groups in total. The fourth-order valence-corrected chi connectivity index (χ4v) is 2.72. The highest BCUT2D eigenvalue weighted by atomic mass is 35.5. The van der Waals surface area contributed by atoms with Crippen LogP contribution in [0.1, 0.15) is 22.0 Å². The van der Waals surface area contributed by atoms with Gasteiger partial charge in [0.15, 0.2) is 5.22 Å². The number of rotatable bonds is 3. The van der Waals surface area contributed by atoms with Gasteiger partial charge in [-0.3, -0.25) is 5.84 Å². The summed E-state index contributed by atoms with van der Waals surface area (Å²) in [5.74, 6) is 5.55. The Balaban J connectivity index is 2.41. The van der Waals surface area contributed by atoms with Crippen LogP contribution in [-0.2, 0) is 0 Å². The molecule has 3 nitrogen and oxygen atoms in total. The van der Waals surface area contributed by atoms with Gasteiger partial charge in [0.2, 0.25) is 0 Å². The summed E-state index contributed by atoms with van der Waals surface area (Å²) in [5, 5.41) is 2.41. The molecule has 0 spiro atoms. The van der Waals surface area contributed by atoms with Crippen molar-refractivity contribution in [3.05, 3.63) is 45.0 Å². The van der Waals surface area contributed by atoms with Gasteiger partial charge in [0.1, 0.15) is 0 Å². The third-order valence-corrected chi connectivity index (χ3v) is 3.68. The number of aryl methyl sites for hydroxylation is 1. The summed E-state index contributed by atoms with van der Waals surface area (Å²) in [4.78, 5) is 1.15. The summed E-state index contributed by atoms with van der Waals surface area (Å²) in [6.45, 7) is 2.05. The molecule has 2 rings (SSSR count). The van der Waals surface area contributed by atoms with E-state index in [0.29, 0.717) is 5.22 Å². The van der Waals surface area contributed by atoms with Crippen molar-refractivity contribution in [2.24, 2.45) is 5.84 Å². The molecule has 0 radical (unpaired) electrons. The summed E-state index contributed by atoms with van der Waals surface area (Å²) < 4.78 is 5.06. The fraction of sp³-hybridized carbons (Fsp3) is 0.200. The minimum Gasteiger partial charge on any atom is -0.453 e. The van der Waals surface area contributed by atoms with Crippen molar-refractivity contribution in [3.8, 4) is 0 Å². The normalized spacial score (nSPS) is 13.0. The molecule has 2 heterocycles. The summed E-state index contributed by atoms with van der Waals surface area (Å²) in [6, 6.07) is 3.78. The van der Waals surface area contributed by atoms with Crippen molar-refractivity contribution in [2.45, 2.75) is 13.0 Å². The Kier molecular flexibility index (Phi) is 3.11. The lowest BCUT2D eigenvalue weighted by Crippen LogP contribution is -2.28. The van der Waals surface area contributed by atoms with Crippen LogP contribution < -0.4 is 11.3 Å². The van der Waals surface area contributed by atoms with Crippen molar-refractivity contribution in [3.63, 3.8) is 0 Å². The van der Waals surface area contributed by atoms with Gasteiger partial charge in [-0.15, -0.1) is 11.3 Å². The van der Waals surface area contributed by atoms with Crippen molar-refractivity contribution >= 4 is 22.9 Å². The number of nitrogens with one attached hydrogen (secondary N) is 1. The second-order valence-electron chi connectivity index (χ2n) is 3.22. The zero-order valence-electron chi connectivity index (χ0n) is 8.16. The molecule has 1 atom stereocenters. The number of halogens is 1. The molecule has 0 saturated heterocycles. The van der Waals surface area contributed by atoms with Crippen LogP contribution in [0.25, 0.3) is 0 Å². The van der Waals surface area contributed by atoms with E-state index in [1.54, 1.807) is 17.6 Å². The average molecular weight is 243 g/mol. The molecule has 0 aliphatic rings. The molecule has 1 unspecified atom stereocenters. The van der Waals surface area contributed by atoms with E-state index >= 15 is 0 Å². The van der Waals surface area contributed by atoms with Gasteiger partial charge in [-0.25, -0.2) is 5.43 Å². The second-order valence-corrected chi connectivity index (χ2v) is 4.51. The van der Waals surface area contributed by atoms with E-state index < -0.39 is 0 Å². The smallest absolute Gasteiger partial charge is 0.198 e. The Morgan fingerprint density at radius 2 is 2.33 bits per heavy atom. The van der Waals surface area contributed by atoms with E-state index in [0.717, 1.165) is 10.4 Å². The zero-order chi connectivity index (χ0) is 10.8. The van der Waals surface area contributed by atoms with Crippen LogP contribution in [0, 0.1) is 6.92 Å². The first-order chi connectivity index (χ1) is 7.24. The minimum atomic E-state index is -0.101. The molecule has 0 aromatic carbocycles. The van der Waals surface area contributed by atoms with Gasteiger partial charge >= 0.3 is 0 Å². The van der Waals surface area contributed by atoms with Crippen LogP contribution in [-0.4, -0.2) is 0 Å². The van der Waals surface area contributed by atoms with Crippen LogP contribution in [0.3, 0.4) is 0 Å². The third kappa shape index (κ3) is 1.94. The minimum absolute atomic E-state index is 0.101. The van der Waals surface area contributed by atoms with Gasteiger partial charge < -0.3 is 4.42 Å². The Labute approximate surface area is 96.8 Å². The summed E-state index contributed by atoms with van der Waals surface area (Å²) in [7, 11) is 0. The second kappa shape index (κ2) is 4.37. The maximum atomic E-state index is 5.92.